The van der Waals surface area contributed by atoms with E-state index in [1.165, 1.54) is 9.80 Å². The predicted octanol–water partition coefficient (Wildman–Crippen LogP) is 1.33. The molecule has 12 nitrogen and oxygen atoms in total. The van der Waals surface area contributed by atoms with E-state index in [0.717, 1.165) is 0 Å². The van der Waals surface area contributed by atoms with Crippen molar-refractivity contribution in [2.45, 2.75) is 62.6 Å². The third-order valence-corrected chi connectivity index (χ3v) is 7.93. The molecule has 5 amide bonds. The summed E-state index contributed by atoms with van der Waals surface area (Å²) in [5.74, 6) is -3.79. The first-order valence-corrected chi connectivity index (χ1v) is 14.9. The third-order valence-electron chi connectivity index (χ3n) is 7.93. The molecule has 14 heteroatoms. The molecule has 43 heavy (non-hydrogen) atoms. The molecule has 1 aromatic carbocycles. The van der Waals surface area contributed by atoms with Crippen molar-refractivity contribution in [3.8, 4) is 0 Å². The summed E-state index contributed by atoms with van der Waals surface area (Å²) in [6.45, 7) is 0.717. The lowest BCUT2D eigenvalue weighted by Gasteiger charge is -2.41. The third kappa shape index (κ3) is 10.4. The summed E-state index contributed by atoms with van der Waals surface area (Å²) in [5, 5.41) is 11.7. The maximum absolute atomic E-state index is 13.6. The molecule has 4 N–H and O–H groups in total. The largest absolute Gasteiger partial charge is 0.377 e. The molecule has 0 spiro atoms. The number of fused-ring (bicyclic) bond motifs is 1. The summed E-state index contributed by atoms with van der Waals surface area (Å²) < 4.78 is 38.2. The van der Waals surface area contributed by atoms with Crippen LogP contribution in [0, 0.1) is 0 Å². The number of carbonyl (C=O) groups is 4. The summed E-state index contributed by atoms with van der Waals surface area (Å²) in [6.07, 6.45) is 1.26. The molecule has 2 saturated heterocycles. The molecule has 2 aliphatic heterocycles. The van der Waals surface area contributed by atoms with Crippen molar-refractivity contribution in [2.75, 3.05) is 64.5 Å². The molecule has 3 fully saturated rings. The van der Waals surface area contributed by atoms with Crippen molar-refractivity contribution in [3.05, 3.63) is 30.3 Å². The molecule has 1 saturated carbocycles. The van der Waals surface area contributed by atoms with E-state index in [9.17, 15) is 28.0 Å². The van der Waals surface area contributed by atoms with Gasteiger partial charge in [0.05, 0.1) is 26.4 Å². The highest BCUT2D eigenvalue weighted by atomic mass is 19.3. The van der Waals surface area contributed by atoms with Gasteiger partial charge in [-0.05, 0) is 37.8 Å². The van der Waals surface area contributed by atoms with Gasteiger partial charge < -0.3 is 40.5 Å². The van der Waals surface area contributed by atoms with Gasteiger partial charge in [-0.1, -0.05) is 18.2 Å². The van der Waals surface area contributed by atoms with Gasteiger partial charge in [-0.2, -0.15) is 0 Å². The van der Waals surface area contributed by atoms with Crippen LogP contribution < -0.4 is 21.3 Å². The standard InChI is InChI=1S/C29H42F2N6O6/c30-29(31)9-6-22(7-10-29)34-23-8-13-37-24(18-23)27(40)32-12-15-42-16-17-43-20-26(39)36(19-25(37)38)14-11-33-28(41)35-21-4-2-1-3-5-21/h1-5,22-24,34H,6-20H2,(H,32,40)(H2,33,35,41)/t23-,24+/m1/s1. The zero-order valence-corrected chi connectivity index (χ0v) is 24.3. The molecule has 4 rings (SSSR count). The number of halogens is 2. The van der Waals surface area contributed by atoms with Gasteiger partial charge in [0.25, 0.3) is 0 Å². The number of amides is 5. The summed E-state index contributed by atoms with van der Waals surface area (Å²) >= 11 is 0. The molecule has 1 aromatic rings. The minimum atomic E-state index is -2.63. The fourth-order valence-electron chi connectivity index (χ4n) is 5.59. The predicted molar refractivity (Wildman–Crippen MR) is 154 cm³/mol. The van der Waals surface area contributed by atoms with Crippen molar-refractivity contribution in [1.29, 1.82) is 0 Å². The number of hydrogen-bond acceptors (Lipinski definition) is 7. The van der Waals surface area contributed by atoms with E-state index in [4.69, 9.17) is 9.47 Å². The van der Waals surface area contributed by atoms with E-state index in [1.54, 1.807) is 24.3 Å². The summed E-state index contributed by atoms with van der Waals surface area (Å²) in [6, 6.07) is 7.46. The van der Waals surface area contributed by atoms with E-state index in [0.29, 0.717) is 31.4 Å². The minimum Gasteiger partial charge on any atom is -0.377 e. The van der Waals surface area contributed by atoms with Crippen LogP contribution in [0.15, 0.2) is 30.3 Å². The van der Waals surface area contributed by atoms with Crippen molar-refractivity contribution in [3.63, 3.8) is 0 Å². The van der Waals surface area contributed by atoms with Crippen LogP contribution in [0.3, 0.4) is 0 Å². The monoisotopic (exact) mass is 608 g/mol. The fraction of sp³-hybridized carbons (Fsp3) is 0.655. The van der Waals surface area contributed by atoms with Gasteiger partial charge >= 0.3 is 6.03 Å². The number of urea groups is 1. The van der Waals surface area contributed by atoms with E-state index in [-0.39, 0.29) is 90.0 Å². The van der Waals surface area contributed by atoms with Crippen LogP contribution in [0.1, 0.15) is 38.5 Å². The Hall–Kier alpha value is -3.36. The second-order valence-electron chi connectivity index (χ2n) is 11.1. The Kier molecular flexibility index (Phi) is 12.1. The second kappa shape index (κ2) is 15.9. The highest BCUT2D eigenvalue weighted by Crippen LogP contribution is 2.33. The topological polar surface area (TPSA) is 141 Å². The molecular formula is C29H42F2N6O6. The van der Waals surface area contributed by atoms with Crippen LogP contribution in [-0.2, 0) is 23.9 Å². The minimum absolute atomic E-state index is 0.0494. The van der Waals surface area contributed by atoms with Crippen LogP contribution in [0.25, 0.3) is 0 Å². The summed E-state index contributed by atoms with van der Waals surface area (Å²) in [5.41, 5.74) is 0.611. The Morgan fingerprint density at radius 1 is 0.977 bits per heavy atom. The van der Waals surface area contributed by atoms with E-state index >= 15 is 0 Å². The number of nitrogens with zero attached hydrogens (tertiary/aromatic N) is 2. The van der Waals surface area contributed by atoms with Crippen LogP contribution in [0.5, 0.6) is 0 Å². The Labute approximate surface area is 250 Å². The van der Waals surface area contributed by atoms with Gasteiger partial charge in [-0.25, -0.2) is 13.6 Å². The summed E-state index contributed by atoms with van der Waals surface area (Å²) in [7, 11) is 0. The average Bonchev–Trinajstić information content (AvgIpc) is 2.99. The van der Waals surface area contributed by atoms with Gasteiger partial charge in [0.1, 0.15) is 12.6 Å². The first kappa shape index (κ1) is 32.6. The number of alkyl halides is 2. The van der Waals surface area contributed by atoms with Gasteiger partial charge in [-0.15, -0.1) is 0 Å². The highest BCUT2D eigenvalue weighted by Gasteiger charge is 2.39. The van der Waals surface area contributed by atoms with Gasteiger partial charge in [-0.3, -0.25) is 14.4 Å². The fourth-order valence-corrected chi connectivity index (χ4v) is 5.59. The number of piperidine rings is 1. The Balaban J connectivity index is 1.38. The van der Waals surface area contributed by atoms with Crippen LogP contribution in [-0.4, -0.2) is 117 Å². The molecule has 1 aliphatic carbocycles. The smallest absolute Gasteiger partial charge is 0.319 e. The zero-order valence-electron chi connectivity index (χ0n) is 24.3. The van der Waals surface area contributed by atoms with Crippen LogP contribution in [0.4, 0.5) is 19.3 Å². The van der Waals surface area contributed by atoms with Gasteiger partial charge in [0.15, 0.2) is 0 Å². The number of benzene rings is 1. The normalized spacial score (nSPS) is 24.7. The van der Waals surface area contributed by atoms with Crippen molar-refractivity contribution in [2.24, 2.45) is 0 Å². The van der Waals surface area contributed by atoms with Crippen molar-refractivity contribution in [1.82, 2.24) is 25.8 Å². The lowest BCUT2D eigenvalue weighted by Crippen LogP contribution is -2.60. The Bertz CT molecular complexity index is 1090. The van der Waals surface area contributed by atoms with Crippen molar-refractivity contribution < 1.29 is 37.4 Å². The zero-order chi connectivity index (χ0) is 30.7. The number of para-hydroxylation sites is 1. The number of anilines is 1. The lowest BCUT2D eigenvalue weighted by atomic mass is 9.89. The molecule has 2 atom stereocenters. The van der Waals surface area contributed by atoms with E-state index in [2.05, 4.69) is 21.3 Å². The Morgan fingerprint density at radius 2 is 1.72 bits per heavy atom. The van der Waals surface area contributed by atoms with E-state index in [1.807, 2.05) is 6.07 Å². The first-order valence-electron chi connectivity index (χ1n) is 14.9. The number of rotatable bonds is 6. The molecule has 0 aromatic heterocycles. The quantitative estimate of drug-likeness (QED) is 0.382. The maximum Gasteiger partial charge on any atom is 0.319 e. The lowest BCUT2D eigenvalue weighted by molar-refractivity contribution is -0.148. The first-order chi connectivity index (χ1) is 20.7. The van der Waals surface area contributed by atoms with Gasteiger partial charge in [0, 0.05) is 56.8 Å². The molecule has 2 heterocycles. The highest BCUT2D eigenvalue weighted by molar-refractivity contribution is 5.91. The SMILES string of the molecule is O=C(NCCN1CC(=O)N2CC[C@@H](NC3CCC(F)(F)CC3)C[C@H]2C(=O)NCCOCCOCC1=O)Nc1ccccc1. The maximum atomic E-state index is 13.6. The molecular weight excluding hydrogens is 566 g/mol. The number of carbonyl (C=O) groups excluding carboxylic acids is 4. The molecule has 0 bridgehead atoms. The number of nitrogens with one attached hydrogen (secondary N) is 4. The van der Waals surface area contributed by atoms with Crippen LogP contribution in [0.2, 0.25) is 0 Å². The van der Waals surface area contributed by atoms with Gasteiger partial charge in [0.2, 0.25) is 23.6 Å². The number of ether oxygens (including phenoxy) is 2. The molecule has 238 valence electrons. The Morgan fingerprint density at radius 3 is 2.49 bits per heavy atom. The average molecular weight is 609 g/mol. The van der Waals surface area contributed by atoms with E-state index < -0.39 is 29.8 Å². The van der Waals surface area contributed by atoms with Crippen LogP contribution >= 0.6 is 0 Å². The summed E-state index contributed by atoms with van der Waals surface area (Å²) in [4.78, 5) is 55.0. The second-order valence-corrected chi connectivity index (χ2v) is 11.1. The molecule has 0 unspecified atom stereocenters. The molecule has 0 radical (unpaired) electrons. The number of hydrogen-bond donors (Lipinski definition) is 4. The van der Waals surface area contributed by atoms with Crippen molar-refractivity contribution >= 4 is 29.4 Å². The molecule has 3 aliphatic rings.